The third-order valence-corrected chi connectivity index (χ3v) is 6.34. The van der Waals surface area contributed by atoms with Gasteiger partial charge in [-0.1, -0.05) is 44.2 Å². The van der Waals surface area contributed by atoms with Crippen molar-refractivity contribution in [3.05, 3.63) is 77.3 Å². The number of hydrazone groups is 1. The fraction of sp³-hybridized carbons (Fsp3) is 0.320. The van der Waals surface area contributed by atoms with E-state index < -0.39 is 17.3 Å². The van der Waals surface area contributed by atoms with Crippen LogP contribution in [0, 0.1) is 11.2 Å². The first kappa shape index (κ1) is 19.7. The topological polar surface area (TPSA) is 59.0 Å². The van der Waals surface area contributed by atoms with Crippen LogP contribution in [0.15, 0.2) is 71.0 Å². The highest BCUT2D eigenvalue weighted by atomic mass is 19.1. The first-order chi connectivity index (χ1) is 14.7. The lowest BCUT2D eigenvalue weighted by Gasteiger charge is -2.30. The first-order valence-electron chi connectivity index (χ1n) is 10.4. The van der Waals surface area contributed by atoms with Crippen LogP contribution in [0.25, 0.3) is 0 Å². The normalized spacial score (nSPS) is 26.9. The van der Waals surface area contributed by atoms with Crippen LogP contribution in [0.4, 0.5) is 10.1 Å². The Hall–Kier alpha value is -3.28. The molecule has 1 aliphatic carbocycles. The molecule has 158 valence electrons. The monoisotopic (exact) mass is 418 g/mol. The molecule has 0 unspecified atom stereocenters. The summed E-state index contributed by atoms with van der Waals surface area (Å²) >= 11 is 0. The summed E-state index contributed by atoms with van der Waals surface area (Å²) in [6.45, 7) is 5.75. The molecule has 31 heavy (non-hydrogen) atoms. The van der Waals surface area contributed by atoms with E-state index in [1.54, 1.807) is 31.2 Å². The van der Waals surface area contributed by atoms with Gasteiger partial charge in [-0.15, -0.1) is 0 Å². The predicted octanol–water partition coefficient (Wildman–Crippen LogP) is 4.74. The minimum Gasteiger partial charge on any atom is -0.474 e. The second kappa shape index (κ2) is 6.61. The summed E-state index contributed by atoms with van der Waals surface area (Å²) in [4.78, 5) is 27.1. The number of nitrogens with zero attached hydrogens (tertiary/aromatic N) is 2. The number of anilines is 1. The van der Waals surface area contributed by atoms with E-state index in [9.17, 15) is 14.0 Å². The lowest BCUT2D eigenvalue weighted by atomic mass is 9.69. The van der Waals surface area contributed by atoms with Gasteiger partial charge in [0.05, 0.1) is 17.3 Å². The minimum absolute atomic E-state index is 0.0591. The van der Waals surface area contributed by atoms with Gasteiger partial charge in [0.1, 0.15) is 11.6 Å². The molecule has 2 aromatic rings. The number of hydrogen-bond donors (Lipinski definition) is 0. The molecule has 0 saturated carbocycles. The van der Waals surface area contributed by atoms with Gasteiger partial charge < -0.3 is 4.74 Å². The molecule has 5 rings (SSSR count). The van der Waals surface area contributed by atoms with E-state index in [1.165, 1.54) is 17.1 Å². The molecular formula is C25H23FN2O3. The summed E-state index contributed by atoms with van der Waals surface area (Å²) in [5.41, 5.74) is 0.306. The number of para-hydroxylation sites is 1. The van der Waals surface area contributed by atoms with Crippen LogP contribution in [-0.2, 0) is 14.3 Å². The molecule has 0 saturated heterocycles. The van der Waals surface area contributed by atoms with Crippen LogP contribution in [0.1, 0.15) is 45.1 Å². The van der Waals surface area contributed by atoms with Gasteiger partial charge in [-0.05, 0) is 42.2 Å². The molecule has 2 heterocycles. The number of amides is 1. The highest BCUT2D eigenvalue weighted by Crippen LogP contribution is 2.55. The molecule has 0 radical (unpaired) electrons. The number of benzene rings is 2. The van der Waals surface area contributed by atoms with Crippen molar-refractivity contribution in [2.75, 3.05) is 5.01 Å². The van der Waals surface area contributed by atoms with Crippen molar-refractivity contribution in [1.29, 1.82) is 0 Å². The Morgan fingerprint density at radius 2 is 1.81 bits per heavy atom. The van der Waals surface area contributed by atoms with Crippen molar-refractivity contribution in [1.82, 2.24) is 0 Å². The van der Waals surface area contributed by atoms with Crippen LogP contribution in [0.2, 0.25) is 0 Å². The standard InChI is InChI=1S/C25H23FN2O3/c1-15-25(23(30)28(27-15)18-10-5-4-6-11-18)22(16-8-7-9-17(26)12-16)21-19(29)13-24(2,3)14-20(21)31-25/h4-12,22H,13-14H2,1-3H3/t22-,25-/m0/s1. The first-order valence-corrected chi connectivity index (χ1v) is 10.4. The largest absolute Gasteiger partial charge is 0.474 e. The third-order valence-electron chi connectivity index (χ3n) is 6.34. The Balaban J connectivity index is 1.69. The maximum atomic E-state index is 14.2. The Kier molecular flexibility index (Phi) is 4.19. The zero-order chi connectivity index (χ0) is 22.0. The second-order valence-electron chi connectivity index (χ2n) is 9.24. The number of allylic oxidation sites excluding steroid dienone is 1. The molecule has 0 bridgehead atoms. The fourth-order valence-electron chi connectivity index (χ4n) is 5.01. The summed E-state index contributed by atoms with van der Waals surface area (Å²) in [7, 11) is 0. The summed E-state index contributed by atoms with van der Waals surface area (Å²) in [6.07, 6.45) is 0.886. The SMILES string of the molecule is CC1=NN(c2ccccc2)C(=O)[C@]12OC1=C(C(=O)CC(C)(C)C1)[C@@H]2c1cccc(F)c1. The molecule has 1 spiro atoms. The zero-order valence-electron chi connectivity index (χ0n) is 17.7. The molecule has 0 aromatic heterocycles. The number of ether oxygens (including phenoxy) is 1. The number of ketones is 1. The fourth-order valence-corrected chi connectivity index (χ4v) is 5.01. The maximum absolute atomic E-state index is 14.2. The van der Waals surface area contributed by atoms with Gasteiger partial charge in [0.2, 0.25) is 5.60 Å². The van der Waals surface area contributed by atoms with Crippen molar-refractivity contribution in [3.8, 4) is 0 Å². The van der Waals surface area contributed by atoms with E-state index in [2.05, 4.69) is 5.10 Å². The Labute approximate surface area is 180 Å². The Morgan fingerprint density at radius 3 is 2.52 bits per heavy atom. The molecule has 2 aromatic carbocycles. The molecule has 6 heteroatoms. The van der Waals surface area contributed by atoms with E-state index in [0.29, 0.717) is 41.1 Å². The van der Waals surface area contributed by atoms with Crippen molar-refractivity contribution in [2.24, 2.45) is 10.5 Å². The molecule has 1 amide bonds. The zero-order valence-corrected chi connectivity index (χ0v) is 17.7. The summed E-state index contributed by atoms with van der Waals surface area (Å²) in [5.74, 6) is -1.08. The van der Waals surface area contributed by atoms with E-state index in [1.807, 2.05) is 32.0 Å². The molecule has 5 nitrogen and oxygen atoms in total. The number of rotatable bonds is 2. The molecule has 2 aliphatic heterocycles. The van der Waals surface area contributed by atoms with E-state index in [4.69, 9.17) is 4.74 Å². The van der Waals surface area contributed by atoms with Crippen LogP contribution < -0.4 is 5.01 Å². The lowest BCUT2D eigenvalue weighted by molar-refractivity contribution is -0.130. The van der Waals surface area contributed by atoms with Gasteiger partial charge in [0, 0.05) is 18.4 Å². The van der Waals surface area contributed by atoms with Gasteiger partial charge in [-0.3, -0.25) is 9.59 Å². The maximum Gasteiger partial charge on any atom is 0.298 e. The number of halogens is 1. The molecule has 0 N–H and O–H groups in total. The average molecular weight is 418 g/mol. The summed E-state index contributed by atoms with van der Waals surface area (Å²) < 4.78 is 20.6. The predicted molar refractivity (Wildman–Crippen MR) is 115 cm³/mol. The number of hydrogen-bond acceptors (Lipinski definition) is 4. The van der Waals surface area contributed by atoms with Crippen molar-refractivity contribution >= 4 is 23.1 Å². The highest BCUT2D eigenvalue weighted by molar-refractivity contribution is 6.24. The van der Waals surface area contributed by atoms with Gasteiger partial charge in [0.15, 0.2) is 5.78 Å². The average Bonchev–Trinajstić information content (AvgIpc) is 3.18. The van der Waals surface area contributed by atoms with Crippen LogP contribution in [-0.4, -0.2) is 23.0 Å². The molecule has 0 fully saturated rings. The summed E-state index contributed by atoms with van der Waals surface area (Å²) in [6, 6.07) is 15.2. The van der Waals surface area contributed by atoms with Gasteiger partial charge >= 0.3 is 0 Å². The quantitative estimate of drug-likeness (QED) is 0.708. The number of carbonyl (C=O) groups excluding carboxylic acids is 2. The van der Waals surface area contributed by atoms with Crippen LogP contribution >= 0.6 is 0 Å². The Bertz CT molecular complexity index is 1170. The van der Waals surface area contributed by atoms with Gasteiger partial charge in [-0.2, -0.15) is 10.1 Å². The van der Waals surface area contributed by atoms with Crippen molar-refractivity contribution in [3.63, 3.8) is 0 Å². The Morgan fingerprint density at radius 1 is 1.06 bits per heavy atom. The van der Waals surface area contributed by atoms with Crippen LogP contribution in [0.5, 0.6) is 0 Å². The van der Waals surface area contributed by atoms with E-state index in [0.717, 1.165) is 0 Å². The third kappa shape index (κ3) is 2.85. The van der Waals surface area contributed by atoms with Crippen LogP contribution in [0.3, 0.4) is 0 Å². The number of Topliss-reactive ketones (excluding diaryl/α,β-unsaturated/α-hetero) is 1. The lowest BCUT2D eigenvalue weighted by Crippen LogP contribution is -2.50. The molecule has 3 aliphatic rings. The smallest absolute Gasteiger partial charge is 0.298 e. The molecular weight excluding hydrogens is 395 g/mol. The van der Waals surface area contributed by atoms with Gasteiger partial charge in [-0.25, -0.2) is 4.39 Å². The van der Waals surface area contributed by atoms with Gasteiger partial charge in [0.25, 0.3) is 5.91 Å². The van der Waals surface area contributed by atoms with E-state index in [-0.39, 0.29) is 17.1 Å². The van der Waals surface area contributed by atoms with Crippen molar-refractivity contribution < 1.29 is 18.7 Å². The summed E-state index contributed by atoms with van der Waals surface area (Å²) in [5, 5.41) is 5.87. The molecule has 2 atom stereocenters. The number of carbonyl (C=O) groups is 2. The van der Waals surface area contributed by atoms with E-state index >= 15 is 0 Å². The second-order valence-corrected chi connectivity index (χ2v) is 9.24. The minimum atomic E-state index is -1.50. The van der Waals surface area contributed by atoms with Crippen molar-refractivity contribution in [2.45, 2.75) is 45.1 Å². The highest BCUT2D eigenvalue weighted by Gasteiger charge is 2.65.